The second kappa shape index (κ2) is 7.05. The van der Waals surface area contributed by atoms with Crippen molar-refractivity contribution in [2.45, 2.75) is 50.0 Å². The smallest absolute Gasteiger partial charge is 0.151 e. The van der Waals surface area contributed by atoms with Crippen molar-refractivity contribution in [2.75, 3.05) is 11.9 Å². The van der Waals surface area contributed by atoms with Crippen LogP contribution in [0.15, 0.2) is 49.1 Å². The standard InChI is InChI=1S/C22H25FN6O/c1-22-8-7-14(25-22)11-18(21(22)23)28(2)20-6-5-17(26-27-20)16-4-3-15(12-19(16)30)29-10-9-24-13-29/h3-6,9-10,12-14,18,21,25,30H,7-8,11H2,1-2H3/t14?,18-,21-,22+/m0/s1. The van der Waals surface area contributed by atoms with Crippen LogP contribution in [0.1, 0.15) is 26.2 Å². The Labute approximate surface area is 174 Å². The number of imidazole rings is 1. The summed E-state index contributed by atoms with van der Waals surface area (Å²) in [5.74, 6) is 0.745. The maximum Gasteiger partial charge on any atom is 0.151 e. The number of nitrogens with one attached hydrogen (secondary N) is 1. The third-order valence-electron chi connectivity index (χ3n) is 6.59. The lowest BCUT2D eigenvalue weighted by atomic mass is 9.86. The van der Waals surface area contributed by atoms with Gasteiger partial charge in [-0.1, -0.05) is 0 Å². The molecule has 2 saturated heterocycles. The summed E-state index contributed by atoms with van der Waals surface area (Å²) in [6.07, 6.45) is 6.83. The van der Waals surface area contributed by atoms with E-state index >= 15 is 4.39 Å². The third-order valence-corrected chi connectivity index (χ3v) is 6.59. The molecule has 1 unspecified atom stereocenters. The summed E-state index contributed by atoms with van der Waals surface area (Å²) in [7, 11) is 1.88. The van der Waals surface area contributed by atoms with Gasteiger partial charge >= 0.3 is 0 Å². The molecule has 30 heavy (non-hydrogen) atoms. The molecule has 2 aliphatic rings. The number of phenolic OH excluding ortho intramolecular Hbond substituents is 1. The first kappa shape index (κ1) is 19.0. The number of hydrogen-bond acceptors (Lipinski definition) is 6. The van der Waals surface area contributed by atoms with Crippen LogP contribution in [0.4, 0.5) is 10.2 Å². The molecule has 156 valence electrons. The second-order valence-corrected chi connectivity index (χ2v) is 8.56. The van der Waals surface area contributed by atoms with Gasteiger partial charge in [0.05, 0.1) is 23.8 Å². The van der Waals surface area contributed by atoms with Crippen LogP contribution in [-0.4, -0.2) is 55.7 Å². The molecule has 5 rings (SSSR count). The number of alkyl halides is 1. The molecule has 2 bridgehead atoms. The number of benzene rings is 1. The van der Waals surface area contributed by atoms with E-state index in [1.165, 1.54) is 0 Å². The SMILES string of the molecule is CN(c1ccc(-c2ccc(-n3ccnc3)cc2O)nn1)[C@H]1CC2CC[C@@](C)(N2)[C@H]1F. The van der Waals surface area contributed by atoms with E-state index in [1.54, 1.807) is 24.7 Å². The van der Waals surface area contributed by atoms with Crippen molar-refractivity contribution in [1.29, 1.82) is 0 Å². The van der Waals surface area contributed by atoms with Crippen molar-refractivity contribution in [3.05, 3.63) is 49.1 Å². The lowest BCUT2D eigenvalue weighted by Gasteiger charge is -2.44. The summed E-state index contributed by atoms with van der Waals surface area (Å²) >= 11 is 0. The van der Waals surface area contributed by atoms with E-state index in [-0.39, 0.29) is 11.8 Å². The van der Waals surface area contributed by atoms with Crippen LogP contribution in [0.5, 0.6) is 5.75 Å². The Balaban J connectivity index is 1.37. The number of fused-ring (bicyclic) bond motifs is 2. The molecule has 0 spiro atoms. The maximum absolute atomic E-state index is 15.2. The molecule has 4 atom stereocenters. The number of halogens is 1. The minimum absolute atomic E-state index is 0.114. The monoisotopic (exact) mass is 408 g/mol. The molecule has 8 heteroatoms. The highest BCUT2D eigenvalue weighted by atomic mass is 19.1. The number of nitrogens with zero attached hydrogens (tertiary/aromatic N) is 5. The summed E-state index contributed by atoms with van der Waals surface area (Å²) in [5, 5.41) is 22.6. The van der Waals surface area contributed by atoms with Gasteiger partial charge in [0.15, 0.2) is 5.82 Å². The normalized spacial score (nSPS) is 27.9. The Kier molecular flexibility index (Phi) is 4.47. The van der Waals surface area contributed by atoms with E-state index in [0.717, 1.165) is 24.9 Å². The van der Waals surface area contributed by atoms with Crippen LogP contribution >= 0.6 is 0 Å². The highest BCUT2D eigenvalue weighted by Gasteiger charge is 2.51. The number of phenols is 1. The Bertz CT molecular complexity index is 1040. The quantitative estimate of drug-likeness (QED) is 0.691. The first-order valence-corrected chi connectivity index (χ1v) is 10.2. The van der Waals surface area contributed by atoms with E-state index < -0.39 is 11.7 Å². The Morgan fingerprint density at radius 1 is 1.27 bits per heavy atom. The van der Waals surface area contributed by atoms with Gasteiger partial charge in [-0.2, -0.15) is 0 Å². The zero-order valence-corrected chi connectivity index (χ0v) is 17.0. The highest BCUT2D eigenvalue weighted by Crippen LogP contribution is 2.40. The fourth-order valence-electron chi connectivity index (χ4n) is 4.80. The first-order valence-electron chi connectivity index (χ1n) is 10.2. The van der Waals surface area contributed by atoms with Crippen LogP contribution in [0.25, 0.3) is 16.9 Å². The van der Waals surface area contributed by atoms with Gasteiger partial charge in [0.1, 0.15) is 11.9 Å². The molecule has 2 N–H and O–H groups in total. The molecule has 0 amide bonds. The van der Waals surface area contributed by atoms with Crippen molar-refractivity contribution >= 4 is 5.82 Å². The Morgan fingerprint density at radius 2 is 2.13 bits per heavy atom. The summed E-state index contributed by atoms with van der Waals surface area (Å²) in [6.45, 7) is 1.97. The highest BCUT2D eigenvalue weighted by molar-refractivity contribution is 5.69. The van der Waals surface area contributed by atoms with Crippen molar-refractivity contribution in [2.24, 2.45) is 0 Å². The minimum atomic E-state index is -0.970. The van der Waals surface area contributed by atoms with Crippen LogP contribution in [0.3, 0.4) is 0 Å². The summed E-state index contributed by atoms with van der Waals surface area (Å²) < 4.78 is 17.0. The predicted molar refractivity (Wildman–Crippen MR) is 113 cm³/mol. The summed E-state index contributed by atoms with van der Waals surface area (Å²) in [5.41, 5.74) is 1.51. The van der Waals surface area contributed by atoms with Crippen molar-refractivity contribution in [1.82, 2.24) is 25.1 Å². The van der Waals surface area contributed by atoms with Gasteiger partial charge in [0.2, 0.25) is 0 Å². The fraction of sp³-hybridized carbons (Fsp3) is 0.409. The topological polar surface area (TPSA) is 79.1 Å². The maximum atomic E-state index is 15.2. The zero-order chi connectivity index (χ0) is 20.9. The first-order chi connectivity index (χ1) is 14.4. The number of piperidine rings is 1. The average molecular weight is 408 g/mol. The van der Waals surface area contributed by atoms with Gasteiger partial charge in [0, 0.05) is 42.7 Å². The molecule has 0 saturated carbocycles. The number of hydrogen-bond donors (Lipinski definition) is 2. The molecular formula is C22H25FN6O. The number of rotatable bonds is 4. The molecular weight excluding hydrogens is 383 g/mol. The predicted octanol–water partition coefficient (Wildman–Crippen LogP) is 3.09. The van der Waals surface area contributed by atoms with E-state index in [0.29, 0.717) is 23.1 Å². The van der Waals surface area contributed by atoms with Crippen molar-refractivity contribution in [3.8, 4) is 22.7 Å². The van der Waals surface area contributed by atoms with E-state index in [1.807, 2.05) is 47.8 Å². The van der Waals surface area contributed by atoms with Gasteiger partial charge in [-0.25, -0.2) is 9.37 Å². The van der Waals surface area contributed by atoms with Crippen molar-refractivity contribution in [3.63, 3.8) is 0 Å². The van der Waals surface area contributed by atoms with Crippen LogP contribution in [0.2, 0.25) is 0 Å². The van der Waals surface area contributed by atoms with Gasteiger partial charge in [-0.05, 0) is 50.5 Å². The zero-order valence-electron chi connectivity index (χ0n) is 17.0. The third kappa shape index (κ3) is 3.11. The van der Waals surface area contributed by atoms with Crippen LogP contribution in [-0.2, 0) is 0 Å². The molecule has 2 aromatic heterocycles. The average Bonchev–Trinajstić information content (AvgIpc) is 3.40. The molecule has 1 aromatic carbocycles. The molecule has 0 aliphatic carbocycles. The minimum Gasteiger partial charge on any atom is -0.507 e. The van der Waals surface area contributed by atoms with E-state index in [4.69, 9.17) is 0 Å². The molecule has 0 radical (unpaired) electrons. The second-order valence-electron chi connectivity index (χ2n) is 8.56. The van der Waals surface area contributed by atoms with Crippen LogP contribution < -0.4 is 10.2 Å². The summed E-state index contributed by atoms with van der Waals surface area (Å²) in [6, 6.07) is 9.13. The van der Waals surface area contributed by atoms with Gasteiger partial charge in [-0.15, -0.1) is 10.2 Å². The van der Waals surface area contributed by atoms with Crippen molar-refractivity contribution < 1.29 is 9.50 Å². The number of aromatic hydroxyl groups is 1. The van der Waals surface area contributed by atoms with Crippen LogP contribution in [0, 0.1) is 0 Å². The van der Waals surface area contributed by atoms with E-state index in [2.05, 4.69) is 20.5 Å². The lowest BCUT2D eigenvalue weighted by Crippen LogP contribution is -2.62. The largest absolute Gasteiger partial charge is 0.507 e. The molecule has 2 fully saturated rings. The fourth-order valence-corrected chi connectivity index (χ4v) is 4.80. The molecule has 3 aromatic rings. The molecule has 7 nitrogen and oxygen atoms in total. The van der Waals surface area contributed by atoms with E-state index in [9.17, 15) is 5.11 Å². The number of aromatic nitrogens is 4. The molecule has 2 aliphatic heterocycles. The Hall–Kier alpha value is -3.00. The lowest BCUT2D eigenvalue weighted by molar-refractivity contribution is 0.111. The van der Waals surface area contributed by atoms with Gasteiger partial charge in [0.25, 0.3) is 0 Å². The van der Waals surface area contributed by atoms with Gasteiger partial charge in [-0.3, -0.25) is 0 Å². The Morgan fingerprint density at radius 3 is 2.83 bits per heavy atom. The van der Waals surface area contributed by atoms with Gasteiger partial charge < -0.3 is 19.9 Å². The summed E-state index contributed by atoms with van der Waals surface area (Å²) in [4.78, 5) is 5.92. The molecule has 4 heterocycles. The number of anilines is 1.